The van der Waals surface area contributed by atoms with Crippen LogP contribution >= 0.6 is 11.3 Å². The van der Waals surface area contributed by atoms with E-state index < -0.39 is 4.92 Å². The van der Waals surface area contributed by atoms with Crippen LogP contribution in [-0.4, -0.2) is 15.8 Å². The van der Waals surface area contributed by atoms with Gasteiger partial charge >= 0.3 is 0 Å². The van der Waals surface area contributed by atoms with Crippen molar-refractivity contribution >= 4 is 38.3 Å². The average molecular weight is 305 g/mol. The molecule has 1 N–H and O–H groups in total. The number of fused-ring (bicyclic) bond motifs is 1. The Morgan fingerprint density at radius 1 is 1.33 bits per heavy atom. The lowest BCUT2D eigenvalue weighted by molar-refractivity contribution is -0.384. The van der Waals surface area contributed by atoms with E-state index in [-0.39, 0.29) is 17.5 Å². The van der Waals surface area contributed by atoms with Crippen molar-refractivity contribution < 1.29 is 9.72 Å². The molecule has 1 amide bonds. The maximum Gasteiger partial charge on any atom is 0.270 e. The van der Waals surface area contributed by atoms with E-state index >= 15 is 0 Å². The summed E-state index contributed by atoms with van der Waals surface area (Å²) in [7, 11) is 0. The first-order valence-electron chi connectivity index (χ1n) is 6.99. The summed E-state index contributed by atoms with van der Waals surface area (Å²) in [6, 6.07) is 4.53. The van der Waals surface area contributed by atoms with Gasteiger partial charge in [-0.1, -0.05) is 30.6 Å². The van der Waals surface area contributed by atoms with E-state index in [4.69, 9.17) is 0 Å². The van der Waals surface area contributed by atoms with Gasteiger partial charge < -0.3 is 5.32 Å². The molecule has 0 aliphatic heterocycles. The Bertz CT molecular complexity index is 692. The molecule has 2 aromatic rings. The topological polar surface area (TPSA) is 85.1 Å². The number of nitrogens with zero attached hydrogens (tertiary/aromatic N) is 2. The molecule has 0 bridgehead atoms. The first-order chi connectivity index (χ1) is 10.1. The Labute approximate surface area is 125 Å². The van der Waals surface area contributed by atoms with Crippen LogP contribution in [-0.2, 0) is 4.79 Å². The molecule has 0 spiro atoms. The zero-order chi connectivity index (χ0) is 14.8. The van der Waals surface area contributed by atoms with Crippen LogP contribution < -0.4 is 5.32 Å². The molecule has 6 nitrogen and oxygen atoms in total. The maximum absolute atomic E-state index is 12.2. The van der Waals surface area contributed by atoms with E-state index in [1.807, 2.05) is 0 Å². The van der Waals surface area contributed by atoms with E-state index in [0.717, 1.165) is 25.7 Å². The number of thiazole rings is 1. The summed E-state index contributed by atoms with van der Waals surface area (Å²) >= 11 is 1.27. The van der Waals surface area contributed by atoms with Gasteiger partial charge in [-0.3, -0.25) is 14.9 Å². The lowest BCUT2D eigenvalue weighted by atomic mass is 9.89. The Kier molecular flexibility index (Phi) is 3.83. The third-order valence-electron chi connectivity index (χ3n) is 3.79. The summed E-state index contributed by atoms with van der Waals surface area (Å²) in [5.74, 6) is 0.0864. The van der Waals surface area contributed by atoms with Crippen LogP contribution in [0, 0.1) is 16.0 Å². The summed E-state index contributed by atoms with van der Waals surface area (Å²) in [5.41, 5.74) is 0.709. The molecule has 3 rings (SSSR count). The molecule has 0 atom stereocenters. The van der Waals surface area contributed by atoms with Gasteiger partial charge in [0.05, 0.1) is 15.1 Å². The molecule has 1 aliphatic carbocycles. The third kappa shape index (κ3) is 3.02. The molecule has 1 aromatic carbocycles. The number of nitro benzene ring substituents is 1. The van der Waals surface area contributed by atoms with Gasteiger partial charge in [0.15, 0.2) is 5.13 Å². The predicted octanol–water partition coefficient (Wildman–Crippen LogP) is 3.72. The van der Waals surface area contributed by atoms with Crippen molar-refractivity contribution in [3.8, 4) is 0 Å². The fraction of sp³-hybridized carbons (Fsp3) is 0.429. The number of benzene rings is 1. The second-order valence-electron chi connectivity index (χ2n) is 5.25. The van der Waals surface area contributed by atoms with Crippen LogP contribution in [0.15, 0.2) is 18.2 Å². The normalized spacial score (nSPS) is 16.0. The van der Waals surface area contributed by atoms with Crippen molar-refractivity contribution in [3.63, 3.8) is 0 Å². The molecule has 1 aliphatic rings. The zero-order valence-electron chi connectivity index (χ0n) is 11.4. The number of nitro groups is 1. The highest BCUT2D eigenvalue weighted by molar-refractivity contribution is 7.22. The predicted molar refractivity (Wildman–Crippen MR) is 81.5 cm³/mol. The molecule has 0 radical (unpaired) electrons. The molecular weight excluding hydrogens is 290 g/mol. The van der Waals surface area contributed by atoms with Gasteiger partial charge in [-0.2, -0.15) is 0 Å². The number of hydrogen-bond donors (Lipinski definition) is 1. The van der Waals surface area contributed by atoms with Crippen LogP contribution in [0.4, 0.5) is 10.8 Å². The molecule has 0 saturated heterocycles. The molecule has 110 valence electrons. The van der Waals surface area contributed by atoms with E-state index in [0.29, 0.717) is 15.3 Å². The number of rotatable bonds is 3. The number of anilines is 1. The maximum atomic E-state index is 12.2. The minimum absolute atomic E-state index is 0.0169. The fourth-order valence-corrected chi connectivity index (χ4v) is 3.55. The summed E-state index contributed by atoms with van der Waals surface area (Å²) < 4.78 is 0.711. The van der Waals surface area contributed by atoms with E-state index in [1.165, 1.54) is 29.9 Å². The molecule has 1 saturated carbocycles. The summed E-state index contributed by atoms with van der Waals surface area (Å²) in [5, 5.41) is 14.1. The van der Waals surface area contributed by atoms with Crippen molar-refractivity contribution in [2.24, 2.45) is 5.92 Å². The van der Waals surface area contributed by atoms with Crippen LogP contribution in [0.25, 0.3) is 10.2 Å². The lowest BCUT2D eigenvalue weighted by Crippen LogP contribution is -2.24. The van der Waals surface area contributed by atoms with Crippen molar-refractivity contribution in [2.75, 3.05) is 5.32 Å². The second-order valence-corrected chi connectivity index (χ2v) is 6.28. The van der Waals surface area contributed by atoms with Gasteiger partial charge in [-0.15, -0.1) is 0 Å². The van der Waals surface area contributed by atoms with Crippen molar-refractivity contribution in [1.82, 2.24) is 4.98 Å². The summed E-state index contributed by atoms with van der Waals surface area (Å²) in [4.78, 5) is 26.8. The highest BCUT2D eigenvalue weighted by atomic mass is 32.1. The van der Waals surface area contributed by atoms with Crippen molar-refractivity contribution in [1.29, 1.82) is 0 Å². The smallest absolute Gasteiger partial charge is 0.270 e. The van der Waals surface area contributed by atoms with E-state index in [9.17, 15) is 14.9 Å². The van der Waals surface area contributed by atoms with Crippen molar-refractivity contribution in [2.45, 2.75) is 32.1 Å². The number of hydrogen-bond acceptors (Lipinski definition) is 5. The summed E-state index contributed by atoms with van der Waals surface area (Å²) in [6.45, 7) is 0. The highest BCUT2D eigenvalue weighted by Crippen LogP contribution is 2.30. The first kappa shape index (κ1) is 13.9. The number of amides is 1. The molecule has 7 heteroatoms. The molecule has 21 heavy (non-hydrogen) atoms. The van der Waals surface area contributed by atoms with Crippen molar-refractivity contribution in [3.05, 3.63) is 28.3 Å². The van der Waals surface area contributed by atoms with Gasteiger partial charge in [-0.05, 0) is 18.9 Å². The Morgan fingerprint density at radius 2 is 2.10 bits per heavy atom. The Morgan fingerprint density at radius 3 is 2.81 bits per heavy atom. The van der Waals surface area contributed by atoms with E-state index in [1.54, 1.807) is 6.07 Å². The lowest BCUT2D eigenvalue weighted by Gasteiger charge is -2.19. The largest absolute Gasteiger partial charge is 0.302 e. The van der Waals surface area contributed by atoms with Crippen LogP contribution in [0.3, 0.4) is 0 Å². The Balaban J connectivity index is 1.77. The third-order valence-corrected chi connectivity index (χ3v) is 4.72. The minimum Gasteiger partial charge on any atom is -0.302 e. The second kappa shape index (κ2) is 5.77. The summed E-state index contributed by atoms with van der Waals surface area (Å²) in [6.07, 6.45) is 5.27. The molecule has 1 heterocycles. The Hall–Kier alpha value is -2.02. The van der Waals surface area contributed by atoms with Gasteiger partial charge in [0.1, 0.15) is 0 Å². The number of non-ortho nitro benzene ring substituents is 1. The average Bonchev–Trinajstić information content (AvgIpc) is 2.89. The number of aromatic nitrogens is 1. The first-order valence-corrected chi connectivity index (χ1v) is 7.81. The highest BCUT2D eigenvalue weighted by Gasteiger charge is 2.22. The monoisotopic (exact) mass is 305 g/mol. The van der Waals surface area contributed by atoms with Crippen LogP contribution in [0.1, 0.15) is 32.1 Å². The van der Waals surface area contributed by atoms with Gasteiger partial charge in [0.25, 0.3) is 5.69 Å². The SMILES string of the molecule is O=C(Nc1nc2ccc([N+](=O)[O-])cc2s1)C1CCCCC1. The fourth-order valence-electron chi connectivity index (χ4n) is 2.65. The standard InChI is InChI=1S/C14H15N3O3S/c18-13(9-4-2-1-3-5-9)16-14-15-11-7-6-10(17(19)20)8-12(11)21-14/h6-9H,1-5H2,(H,15,16,18). The molecular formula is C14H15N3O3S. The zero-order valence-corrected chi connectivity index (χ0v) is 12.2. The number of nitrogens with one attached hydrogen (secondary N) is 1. The number of carbonyl (C=O) groups excluding carboxylic acids is 1. The van der Waals surface area contributed by atoms with Gasteiger partial charge in [0, 0.05) is 18.1 Å². The van der Waals surface area contributed by atoms with Gasteiger partial charge in [-0.25, -0.2) is 4.98 Å². The minimum atomic E-state index is -0.431. The van der Waals surface area contributed by atoms with Crippen LogP contribution in [0.5, 0.6) is 0 Å². The quantitative estimate of drug-likeness (QED) is 0.691. The molecule has 1 aromatic heterocycles. The van der Waals surface area contributed by atoms with E-state index in [2.05, 4.69) is 10.3 Å². The number of carbonyl (C=O) groups is 1. The van der Waals surface area contributed by atoms with Crippen LogP contribution in [0.2, 0.25) is 0 Å². The molecule has 1 fully saturated rings. The molecule has 0 unspecified atom stereocenters. The van der Waals surface area contributed by atoms with Gasteiger partial charge in [0.2, 0.25) is 5.91 Å².